The Morgan fingerprint density at radius 1 is 1.05 bits per heavy atom. The maximum Gasteiger partial charge on any atom is 0.146 e. The van der Waals surface area contributed by atoms with Crippen LogP contribution in [-0.4, -0.2) is 5.11 Å². The number of benzene rings is 2. The maximum absolute atomic E-state index is 10.4. The quantitative estimate of drug-likeness (QED) is 0.555. The molecule has 2 rings (SSSR count). The molecule has 0 fully saturated rings. The summed E-state index contributed by atoms with van der Waals surface area (Å²) < 4.78 is 0. The first-order valence-electron chi connectivity index (χ1n) is 6.99. The Morgan fingerprint density at radius 3 is 2.27 bits per heavy atom. The zero-order valence-corrected chi connectivity index (χ0v) is 13.9. The number of nitrogens with two attached hydrogens (primary N) is 1. The molecule has 0 amide bonds. The summed E-state index contributed by atoms with van der Waals surface area (Å²) in [4.78, 5) is 0. The second kappa shape index (κ2) is 5.97. The van der Waals surface area contributed by atoms with Crippen molar-refractivity contribution in [1.82, 2.24) is 0 Å². The number of phenolic OH excluding ortho intramolecular Hbond substituents is 1. The maximum atomic E-state index is 10.4. The van der Waals surface area contributed by atoms with E-state index in [1.54, 1.807) is 24.3 Å². The number of nitrogen functional groups attached to an aromatic ring is 1. The van der Waals surface area contributed by atoms with Gasteiger partial charge in [0.05, 0.1) is 5.69 Å². The number of azo groups is 1. The molecule has 0 saturated carbocycles. The molecule has 0 aliphatic heterocycles. The van der Waals surface area contributed by atoms with Crippen molar-refractivity contribution in [3.8, 4) is 5.75 Å². The second-order valence-electron chi connectivity index (χ2n) is 6.33. The number of nitrogens with zero attached hydrogens (tertiary/aromatic N) is 2. The summed E-state index contributed by atoms with van der Waals surface area (Å²) in [5.41, 5.74) is 8.91. The van der Waals surface area contributed by atoms with E-state index < -0.39 is 0 Å². The van der Waals surface area contributed by atoms with E-state index in [0.717, 1.165) is 11.1 Å². The summed E-state index contributed by atoms with van der Waals surface area (Å²) in [6.07, 6.45) is 0. The van der Waals surface area contributed by atoms with E-state index in [1.165, 1.54) is 0 Å². The van der Waals surface area contributed by atoms with Crippen molar-refractivity contribution in [3.63, 3.8) is 0 Å². The van der Waals surface area contributed by atoms with Crippen LogP contribution in [0.4, 0.5) is 17.1 Å². The van der Waals surface area contributed by atoms with Crippen LogP contribution in [0.15, 0.2) is 40.6 Å². The van der Waals surface area contributed by atoms with Crippen LogP contribution in [0, 0.1) is 6.92 Å². The van der Waals surface area contributed by atoms with Crippen molar-refractivity contribution in [2.45, 2.75) is 33.1 Å². The molecule has 0 saturated heterocycles. The van der Waals surface area contributed by atoms with Gasteiger partial charge in [-0.15, -0.1) is 10.2 Å². The summed E-state index contributed by atoms with van der Waals surface area (Å²) in [6, 6.07) is 8.76. The lowest BCUT2D eigenvalue weighted by atomic mass is 9.85. The molecule has 0 aromatic heterocycles. The van der Waals surface area contributed by atoms with Gasteiger partial charge in [0.25, 0.3) is 0 Å². The van der Waals surface area contributed by atoms with Crippen molar-refractivity contribution in [3.05, 3.63) is 46.5 Å². The second-order valence-corrected chi connectivity index (χ2v) is 6.77. The monoisotopic (exact) mass is 317 g/mol. The molecular formula is C17H20ClN3O. The van der Waals surface area contributed by atoms with Crippen LogP contribution < -0.4 is 5.73 Å². The number of hydrogen-bond acceptors (Lipinski definition) is 4. The molecule has 4 nitrogen and oxygen atoms in total. The fourth-order valence-corrected chi connectivity index (χ4v) is 2.31. The van der Waals surface area contributed by atoms with Gasteiger partial charge in [0, 0.05) is 10.6 Å². The molecule has 0 atom stereocenters. The van der Waals surface area contributed by atoms with Gasteiger partial charge in [0.2, 0.25) is 0 Å². The number of anilines is 1. The molecule has 0 aliphatic carbocycles. The zero-order chi connectivity index (χ0) is 16.5. The fraction of sp³-hybridized carbons (Fsp3) is 0.294. The number of aryl methyl sites for hydroxylation is 1. The normalized spacial score (nSPS) is 12.0. The molecule has 5 heteroatoms. The van der Waals surface area contributed by atoms with Gasteiger partial charge in [-0.3, -0.25) is 0 Å². The topological polar surface area (TPSA) is 71.0 Å². The van der Waals surface area contributed by atoms with Crippen LogP contribution >= 0.6 is 11.6 Å². The van der Waals surface area contributed by atoms with E-state index in [1.807, 2.05) is 33.8 Å². The van der Waals surface area contributed by atoms with Gasteiger partial charge in [0.15, 0.2) is 0 Å². The Bertz CT molecular complexity index is 733. The number of halogens is 1. The third kappa shape index (κ3) is 3.57. The Morgan fingerprint density at radius 2 is 1.68 bits per heavy atom. The van der Waals surface area contributed by atoms with Crippen LogP contribution in [0.3, 0.4) is 0 Å². The van der Waals surface area contributed by atoms with Crippen molar-refractivity contribution >= 4 is 28.7 Å². The highest BCUT2D eigenvalue weighted by Gasteiger charge is 2.20. The Kier molecular flexibility index (Phi) is 4.42. The van der Waals surface area contributed by atoms with Crippen LogP contribution in [0.2, 0.25) is 5.02 Å². The van der Waals surface area contributed by atoms with Gasteiger partial charge in [-0.25, -0.2) is 0 Å². The SMILES string of the molecule is Cc1cc(N=Nc2ccc(Cl)cc2N)c(O)c(C(C)(C)C)c1. The summed E-state index contributed by atoms with van der Waals surface area (Å²) in [5.74, 6) is 0.148. The van der Waals surface area contributed by atoms with Gasteiger partial charge < -0.3 is 10.8 Å². The van der Waals surface area contributed by atoms with Gasteiger partial charge in [-0.2, -0.15) is 0 Å². The Hall–Kier alpha value is -2.07. The van der Waals surface area contributed by atoms with E-state index in [0.29, 0.717) is 22.1 Å². The molecule has 0 spiro atoms. The number of aromatic hydroxyl groups is 1. The van der Waals surface area contributed by atoms with Gasteiger partial charge in [-0.1, -0.05) is 38.4 Å². The summed E-state index contributed by atoms with van der Waals surface area (Å²) in [5, 5.41) is 19.3. The van der Waals surface area contributed by atoms with E-state index >= 15 is 0 Å². The highest BCUT2D eigenvalue weighted by Crippen LogP contribution is 2.39. The fourth-order valence-electron chi connectivity index (χ4n) is 2.13. The summed E-state index contributed by atoms with van der Waals surface area (Å²) in [6.45, 7) is 8.09. The van der Waals surface area contributed by atoms with Gasteiger partial charge in [0.1, 0.15) is 17.1 Å². The predicted octanol–water partition coefficient (Wildman–Crippen LogP) is 5.65. The lowest BCUT2D eigenvalue weighted by Gasteiger charge is -2.21. The largest absolute Gasteiger partial charge is 0.505 e. The smallest absolute Gasteiger partial charge is 0.146 e. The van der Waals surface area contributed by atoms with E-state index in [2.05, 4.69) is 10.2 Å². The molecule has 0 unspecified atom stereocenters. The Balaban J connectivity index is 2.45. The molecular weight excluding hydrogens is 298 g/mol. The van der Waals surface area contributed by atoms with Crippen molar-refractivity contribution in [2.75, 3.05) is 5.73 Å². The third-order valence-electron chi connectivity index (χ3n) is 3.30. The average molecular weight is 318 g/mol. The Labute approximate surface area is 135 Å². The molecule has 2 aromatic carbocycles. The van der Waals surface area contributed by atoms with Crippen LogP contribution in [0.1, 0.15) is 31.9 Å². The number of phenols is 1. The van der Waals surface area contributed by atoms with Gasteiger partial charge >= 0.3 is 0 Å². The van der Waals surface area contributed by atoms with E-state index in [4.69, 9.17) is 17.3 Å². The minimum Gasteiger partial charge on any atom is -0.505 e. The highest BCUT2D eigenvalue weighted by atomic mass is 35.5. The van der Waals surface area contributed by atoms with Crippen LogP contribution in [0.5, 0.6) is 5.75 Å². The van der Waals surface area contributed by atoms with Crippen molar-refractivity contribution in [2.24, 2.45) is 10.2 Å². The number of rotatable bonds is 2. The third-order valence-corrected chi connectivity index (χ3v) is 3.53. The molecule has 0 radical (unpaired) electrons. The minimum atomic E-state index is -0.181. The minimum absolute atomic E-state index is 0.148. The molecule has 2 aromatic rings. The molecule has 0 heterocycles. The average Bonchev–Trinajstić information content (AvgIpc) is 2.39. The molecule has 0 bridgehead atoms. The standard InChI is InChI=1S/C17H20ClN3O/c1-10-7-12(17(2,3)4)16(22)15(8-10)21-20-14-6-5-11(18)9-13(14)19/h5-9,22H,19H2,1-4H3. The van der Waals surface area contributed by atoms with Crippen LogP contribution in [-0.2, 0) is 5.41 Å². The van der Waals surface area contributed by atoms with Crippen LogP contribution in [0.25, 0.3) is 0 Å². The van der Waals surface area contributed by atoms with Crippen molar-refractivity contribution in [1.29, 1.82) is 0 Å². The molecule has 3 N–H and O–H groups in total. The first kappa shape index (κ1) is 16.3. The van der Waals surface area contributed by atoms with Gasteiger partial charge in [-0.05, 0) is 42.2 Å². The predicted molar refractivity (Wildman–Crippen MR) is 91.6 cm³/mol. The summed E-state index contributed by atoms with van der Waals surface area (Å²) in [7, 11) is 0. The lowest BCUT2D eigenvalue weighted by molar-refractivity contribution is 0.447. The first-order chi connectivity index (χ1) is 10.2. The number of hydrogen-bond donors (Lipinski definition) is 2. The highest BCUT2D eigenvalue weighted by molar-refractivity contribution is 6.31. The van der Waals surface area contributed by atoms with E-state index in [-0.39, 0.29) is 11.2 Å². The van der Waals surface area contributed by atoms with Crippen molar-refractivity contribution < 1.29 is 5.11 Å². The summed E-state index contributed by atoms with van der Waals surface area (Å²) >= 11 is 5.86. The molecule has 0 aliphatic rings. The first-order valence-corrected chi connectivity index (χ1v) is 7.37. The zero-order valence-electron chi connectivity index (χ0n) is 13.2. The lowest BCUT2D eigenvalue weighted by Crippen LogP contribution is -2.11. The molecule has 116 valence electrons. The van der Waals surface area contributed by atoms with E-state index in [9.17, 15) is 5.11 Å². The molecule has 22 heavy (non-hydrogen) atoms.